The highest BCUT2D eigenvalue weighted by molar-refractivity contribution is 7.86. The van der Waals surface area contributed by atoms with Crippen molar-refractivity contribution in [3.05, 3.63) is 36.0 Å². The summed E-state index contributed by atoms with van der Waals surface area (Å²) in [6, 6.07) is 7.04. The lowest BCUT2D eigenvalue weighted by Gasteiger charge is -2.18. The first-order valence-corrected chi connectivity index (χ1v) is 10.1. The predicted octanol–water partition coefficient (Wildman–Crippen LogP) is 1.84. The molecule has 0 radical (unpaired) electrons. The Balaban J connectivity index is 1.69. The molecule has 2 unspecified atom stereocenters. The van der Waals surface area contributed by atoms with Crippen molar-refractivity contribution in [1.82, 2.24) is 10.3 Å². The van der Waals surface area contributed by atoms with Crippen molar-refractivity contribution in [3.8, 4) is 0 Å². The van der Waals surface area contributed by atoms with E-state index in [0.717, 1.165) is 16.5 Å². The van der Waals surface area contributed by atoms with Gasteiger partial charge < -0.3 is 10.3 Å². The van der Waals surface area contributed by atoms with Gasteiger partial charge in [-0.1, -0.05) is 18.2 Å². The molecule has 0 saturated heterocycles. The lowest BCUT2D eigenvalue weighted by Crippen LogP contribution is -2.43. The molecule has 2 aromatic rings. The van der Waals surface area contributed by atoms with Crippen LogP contribution in [-0.4, -0.2) is 40.9 Å². The van der Waals surface area contributed by atoms with Gasteiger partial charge >= 0.3 is 0 Å². The number of aromatic amines is 1. The number of para-hydroxylation sites is 1. The van der Waals surface area contributed by atoms with Gasteiger partial charge in [-0.25, -0.2) is 0 Å². The van der Waals surface area contributed by atoms with Crippen LogP contribution in [0.15, 0.2) is 30.5 Å². The Morgan fingerprint density at radius 2 is 2.04 bits per heavy atom. The van der Waals surface area contributed by atoms with Gasteiger partial charge in [-0.15, -0.1) is 0 Å². The second-order valence-electron chi connectivity index (χ2n) is 6.88. The quantitative estimate of drug-likeness (QED) is 0.663. The minimum Gasteiger partial charge on any atom is -0.361 e. The van der Waals surface area contributed by atoms with Gasteiger partial charge in [0, 0.05) is 29.4 Å². The van der Waals surface area contributed by atoms with E-state index in [9.17, 15) is 18.0 Å². The number of aromatic nitrogens is 1. The Hall–Kier alpha value is -2.19. The summed E-state index contributed by atoms with van der Waals surface area (Å²) in [4.78, 5) is 27.6. The summed E-state index contributed by atoms with van der Waals surface area (Å²) in [6.07, 6.45) is 2.91. The van der Waals surface area contributed by atoms with Crippen LogP contribution in [-0.2, 0) is 26.1 Å². The number of H-pyrrole nitrogens is 1. The molecule has 3 N–H and O–H groups in total. The first-order valence-electron chi connectivity index (χ1n) is 8.58. The van der Waals surface area contributed by atoms with Gasteiger partial charge in [-0.05, 0) is 37.8 Å². The highest BCUT2D eigenvalue weighted by atomic mass is 32.2. The molecule has 1 amide bonds. The van der Waals surface area contributed by atoms with Gasteiger partial charge in [-0.2, -0.15) is 8.42 Å². The van der Waals surface area contributed by atoms with Crippen molar-refractivity contribution >= 4 is 32.7 Å². The smallest absolute Gasteiger partial charge is 0.267 e. The number of rotatable bonds is 6. The number of carbonyl (C=O) groups is 2. The number of fused-ring (bicyclic) bond motifs is 1. The second-order valence-corrected chi connectivity index (χ2v) is 8.58. The maximum absolute atomic E-state index is 12.5. The molecule has 8 heteroatoms. The average molecular weight is 378 g/mol. The zero-order valence-electron chi connectivity index (χ0n) is 14.4. The number of hydrogen-bond donors (Lipinski definition) is 3. The fourth-order valence-electron chi connectivity index (χ4n) is 3.56. The second kappa shape index (κ2) is 7.20. The Bertz CT molecular complexity index is 934. The fraction of sp³-hybridized carbons (Fsp3) is 0.444. The van der Waals surface area contributed by atoms with Crippen molar-refractivity contribution in [2.75, 3.05) is 0 Å². The molecule has 26 heavy (non-hydrogen) atoms. The first-order chi connectivity index (χ1) is 12.3. The van der Waals surface area contributed by atoms with E-state index in [4.69, 9.17) is 4.55 Å². The van der Waals surface area contributed by atoms with Crippen LogP contribution in [0.4, 0.5) is 0 Å². The molecule has 140 valence electrons. The van der Waals surface area contributed by atoms with Gasteiger partial charge in [0.2, 0.25) is 5.91 Å². The van der Waals surface area contributed by atoms with Crippen molar-refractivity contribution < 1.29 is 22.6 Å². The minimum absolute atomic E-state index is 0.0857. The molecule has 0 aliphatic heterocycles. The molecular weight excluding hydrogens is 356 g/mol. The molecular formula is C18H22N2O5S. The van der Waals surface area contributed by atoms with E-state index < -0.39 is 27.3 Å². The molecule has 3 atom stereocenters. The Labute approximate surface area is 151 Å². The third kappa shape index (κ3) is 3.96. The zero-order chi connectivity index (χ0) is 18.9. The summed E-state index contributed by atoms with van der Waals surface area (Å²) in [5.41, 5.74) is 1.89. The van der Waals surface area contributed by atoms with Gasteiger partial charge in [-0.3, -0.25) is 14.1 Å². The molecule has 1 aromatic heterocycles. The fourth-order valence-corrected chi connectivity index (χ4v) is 4.46. The molecule has 1 aromatic carbocycles. The summed E-state index contributed by atoms with van der Waals surface area (Å²) in [5, 5.41) is 2.85. The summed E-state index contributed by atoms with van der Waals surface area (Å²) in [6.45, 7) is 1.43. The van der Waals surface area contributed by atoms with E-state index in [2.05, 4.69) is 10.3 Å². The largest absolute Gasteiger partial charge is 0.361 e. The summed E-state index contributed by atoms with van der Waals surface area (Å²) >= 11 is 0. The third-order valence-electron chi connectivity index (χ3n) is 5.08. The highest BCUT2D eigenvalue weighted by Crippen LogP contribution is 2.30. The summed E-state index contributed by atoms with van der Waals surface area (Å²) in [7, 11) is -4.13. The number of carbonyl (C=O) groups excluding carboxylic acids is 2. The highest BCUT2D eigenvalue weighted by Gasteiger charge is 2.37. The lowest BCUT2D eigenvalue weighted by molar-refractivity contribution is -0.129. The first kappa shape index (κ1) is 18.6. The Morgan fingerprint density at radius 1 is 1.31 bits per heavy atom. The van der Waals surface area contributed by atoms with E-state index in [1.165, 1.54) is 6.92 Å². The monoisotopic (exact) mass is 378 g/mol. The SMILES string of the molecule is CC(=O)[C@H](Cc1c[nH]c2ccccc12)NC(=O)C1CCC(S(=O)(=O)O)C1. The predicted molar refractivity (Wildman–Crippen MR) is 97.3 cm³/mol. The van der Waals surface area contributed by atoms with Gasteiger partial charge in [0.15, 0.2) is 5.78 Å². The maximum atomic E-state index is 12.5. The molecule has 0 spiro atoms. The number of benzene rings is 1. The lowest BCUT2D eigenvalue weighted by atomic mass is 10.0. The van der Waals surface area contributed by atoms with Gasteiger partial charge in [0.25, 0.3) is 10.1 Å². The molecule has 0 bridgehead atoms. The maximum Gasteiger partial charge on any atom is 0.267 e. The number of nitrogens with one attached hydrogen (secondary N) is 2. The van der Waals surface area contributed by atoms with Crippen molar-refractivity contribution in [1.29, 1.82) is 0 Å². The normalized spacial score (nSPS) is 21.6. The molecule has 1 aliphatic rings. The van der Waals surface area contributed by atoms with Crippen LogP contribution in [0.5, 0.6) is 0 Å². The number of Topliss-reactive ketones (excluding diaryl/α,β-unsaturated/α-hetero) is 1. The molecule has 1 fully saturated rings. The number of amides is 1. The van der Waals surface area contributed by atoms with E-state index in [1.807, 2.05) is 30.5 Å². The topological polar surface area (TPSA) is 116 Å². The van der Waals surface area contributed by atoms with Gasteiger partial charge in [0.1, 0.15) is 0 Å². The van der Waals surface area contributed by atoms with Crippen molar-refractivity contribution in [2.24, 2.45) is 5.92 Å². The molecule has 7 nitrogen and oxygen atoms in total. The molecule has 3 rings (SSSR count). The van der Waals surface area contributed by atoms with E-state index in [1.54, 1.807) is 0 Å². The Morgan fingerprint density at radius 3 is 2.69 bits per heavy atom. The van der Waals surface area contributed by atoms with E-state index >= 15 is 0 Å². The molecule has 1 saturated carbocycles. The van der Waals surface area contributed by atoms with Crippen LogP contribution in [0.25, 0.3) is 10.9 Å². The van der Waals surface area contributed by atoms with Crippen LogP contribution >= 0.6 is 0 Å². The standard InChI is InChI=1S/C18H22N2O5S/c1-11(21)17(9-13-10-19-16-5-3-2-4-15(13)16)20-18(22)12-6-7-14(8-12)26(23,24)25/h2-5,10,12,14,17,19H,6-9H2,1H3,(H,20,22)(H,23,24,25)/t12?,14?,17-/m0/s1. The van der Waals surface area contributed by atoms with Gasteiger partial charge in [0.05, 0.1) is 11.3 Å². The zero-order valence-corrected chi connectivity index (χ0v) is 15.3. The van der Waals surface area contributed by atoms with Crippen LogP contribution in [0, 0.1) is 5.92 Å². The molecule has 1 aliphatic carbocycles. The van der Waals surface area contributed by atoms with Crippen LogP contribution < -0.4 is 5.32 Å². The Kier molecular flexibility index (Phi) is 5.15. The average Bonchev–Trinajstić information content (AvgIpc) is 3.21. The third-order valence-corrected chi connectivity index (χ3v) is 6.35. The number of hydrogen-bond acceptors (Lipinski definition) is 4. The van der Waals surface area contributed by atoms with Crippen LogP contribution in [0.3, 0.4) is 0 Å². The van der Waals surface area contributed by atoms with Crippen molar-refractivity contribution in [2.45, 2.75) is 43.9 Å². The van der Waals surface area contributed by atoms with Crippen LogP contribution in [0.2, 0.25) is 0 Å². The van der Waals surface area contributed by atoms with Crippen LogP contribution in [0.1, 0.15) is 31.7 Å². The van der Waals surface area contributed by atoms with E-state index in [-0.39, 0.29) is 24.5 Å². The van der Waals surface area contributed by atoms with Crippen molar-refractivity contribution in [3.63, 3.8) is 0 Å². The van der Waals surface area contributed by atoms with E-state index in [0.29, 0.717) is 12.8 Å². The minimum atomic E-state index is -4.13. The summed E-state index contributed by atoms with van der Waals surface area (Å²) in [5.74, 6) is -1.00. The molecule has 1 heterocycles. The summed E-state index contributed by atoms with van der Waals surface area (Å²) < 4.78 is 31.6. The number of ketones is 1.